The first-order valence-electron chi connectivity index (χ1n) is 9.76. The molecule has 150 valence electrons. The monoisotopic (exact) mass is 463 g/mol. The molecule has 0 amide bonds. The maximum Gasteiger partial charge on any atom is 0.682 e. The smallest absolute Gasteiger partial charge is 0.618 e. The van der Waals surface area contributed by atoms with Crippen molar-refractivity contribution >= 4 is 40.3 Å². The number of benzene rings is 3. The third-order valence-electron chi connectivity index (χ3n) is 5.66. The molecule has 0 aliphatic carbocycles. The van der Waals surface area contributed by atoms with Crippen molar-refractivity contribution in [1.29, 1.82) is 0 Å². The highest BCUT2D eigenvalue weighted by molar-refractivity contribution is 9.10. The molecule has 2 unspecified atom stereocenters. The lowest BCUT2D eigenvalue weighted by molar-refractivity contribution is -0.432. The zero-order valence-corrected chi connectivity index (χ0v) is 17.9. The van der Waals surface area contributed by atoms with Crippen LogP contribution in [-0.2, 0) is 15.9 Å². The minimum absolute atomic E-state index is 0.294. The Kier molecular flexibility index (Phi) is 4.63. The lowest BCUT2D eigenvalue weighted by Gasteiger charge is -2.35. The Bertz CT molecular complexity index is 1150. The van der Waals surface area contributed by atoms with Crippen molar-refractivity contribution < 1.29 is 23.3 Å². The predicted octanol–water partition coefficient (Wildman–Crippen LogP) is 3.30. The average molecular weight is 464 g/mol. The van der Waals surface area contributed by atoms with Gasteiger partial charge < -0.3 is 18.5 Å². The molecule has 3 aromatic rings. The lowest BCUT2D eigenvalue weighted by Crippen LogP contribution is -2.64. The number of fused-ring (bicyclic) bond motifs is 2. The molecule has 0 saturated carbocycles. The highest BCUT2D eigenvalue weighted by atomic mass is 79.9. The van der Waals surface area contributed by atoms with Crippen molar-refractivity contribution in [3.63, 3.8) is 0 Å². The maximum absolute atomic E-state index is 13.1. The summed E-state index contributed by atoms with van der Waals surface area (Å²) in [5.41, 5.74) is 2.74. The minimum Gasteiger partial charge on any atom is -0.618 e. The van der Waals surface area contributed by atoms with Crippen LogP contribution in [0, 0.1) is 0 Å². The van der Waals surface area contributed by atoms with E-state index in [2.05, 4.69) is 15.9 Å². The quantitative estimate of drug-likeness (QED) is 0.557. The van der Waals surface area contributed by atoms with E-state index in [0.29, 0.717) is 17.9 Å². The van der Waals surface area contributed by atoms with E-state index in [1.807, 2.05) is 83.5 Å². The molecule has 0 N–H and O–H groups in total. The fourth-order valence-electron chi connectivity index (χ4n) is 4.15. The number of hydrogen-bond donors (Lipinski definition) is 0. The van der Waals surface area contributed by atoms with Crippen LogP contribution in [0.2, 0.25) is 0 Å². The van der Waals surface area contributed by atoms with Crippen molar-refractivity contribution in [2.24, 2.45) is 0 Å². The summed E-state index contributed by atoms with van der Waals surface area (Å²) >= 11 is 3.47. The number of rotatable bonds is 4. The van der Waals surface area contributed by atoms with E-state index in [-0.39, 0.29) is 5.97 Å². The van der Waals surface area contributed by atoms with Crippen LogP contribution in [0.4, 0.5) is 0 Å². The molecule has 0 radical (unpaired) electrons. The van der Waals surface area contributed by atoms with Gasteiger partial charge in [0, 0.05) is 17.0 Å². The van der Waals surface area contributed by atoms with Gasteiger partial charge in [-0.1, -0.05) is 70.5 Å². The number of nitrogens with zero attached hydrogens (tertiary/aromatic N) is 1. The van der Waals surface area contributed by atoms with Crippen LogP contribution in [-0.4, -0.2) is 36.5 Å². The van der Waals surface area contributed by atoms with Gasteiger partial charge in [-0.2, -0.15) is 0 Å². The molecular formula is C23H19BBrNO4. The fraction of sp³-hybridized carbons (Fsp3) is 0.130. The highest BCUT2D eigenvalue weighted by Crippen LogP contribution is 2.34. The van der Waals surface area contributed by atoms with Gasteiger partial charge in [0.05, 0.1) is 18.4 Å². The van der Waals surface area contributed by atoms with Gasteiger partial charge in [0.1, 0.15) is 12.0 Å². The third-order valence-corrected chi connectivity index (χ3v) is 6.19. The van der Waals surface area contributed by atoms with Crippen LogP contribution in [0.5, 0.6) is 11.5 Å². The summed E-state index contributed by atoms with van der Waals surface area (Å²) < 4.78 is 20.7. The second kappa shape index (κ2) is 7.33. The minimum atomic E-state index is -2.22. The SMILES string of the molecule is COc1ccc2c(c1)O[B-]1(c3ccc(Br)cc3)OC(=O)C(Cc3ccccc3)[N+]1=C2. The summed E-state index contributed by atoms with van der Waals surface area (Å²) in [4.78, 5) is 13.1. The van der Waals surface area contributed by atoms with E-state index in [1.165, 1.54) is 0 Å². The Morgan fingerprint density at radius 3 is 2.53 bits per heavy atom. The molecule has 30 heavy (non-hydrogen) atoms. The summed E-state index contributed by atoms with van der Waals surface area (Å²) in [5.74, 6) is 1.02. The van der Waals surface area contributed by atoms with Gasteiger partial charge in [-0.3, -0.25) is 0 Å². The summed E-state index contributed by atoms with van der Waals surface area (Å²) in [7, 11) is 1.61. The maximum atomic E-state index is 13.1. The molecule has 0 bridgehead atoms. The third kappa shape index (κ3) is 3.10. The van der Waals surface area contributed by atoms with Crippen molar-refractivity contribution in [1.82, 2.24) is 0 Å². The van der Waals surface area contributed by atoms with Gasteiger partial charge in [-0.15, -0.1) is 0 Å². The van der Waals surface area contributed by atoms with Crippen LogP contribution in [0.3, 0.4) is 0 Å². The van der Waals surface area contributed by atoms with Crippen LogP contribution < -0.4 is 14.9 Å². The number of methoxy groups -OCH3 is 1. The van der Waals surface area contributed by atoms with Crippen LogP contribution in [0.1, 0.15) is 11.1 Å². The van der Waals surface area contributed by atoms with E-state index in [1.54, 1.807) is 7.11 Å². The van der Waals surface area contributed by atoms with E-state index in [4.69, 9.17) is 14.0 Å². The zero-order chi connectivity index (χ0) is 20.7. The van der Waals surface area contributed by atoms with Gasteiger partial charge in [0.15, 0.2) is 0 Å². The predicted molar refractivity (Wildman–Crippen MR) is 119 cm³/mol. The van der Waals surface area contributed by atoms with Crippen molar-refractivity contribution in [2.45, 2.75) is 12.5 Å². The average Bonchev–Trinajstić information content (AvgIpc) is 3.04. The molecule has 2 heterocycles. The van der Waals surface area contributed by atoms with Gasteiger partial charge in [-0.25, -0.2) is 4.79 Å². The van der Waals surface area contributed by atoms with Crippen LogP contribution in [0.15, 0.2) is 77.3 Å². The molecule has 2 aliphatic rings. The first-order chi connectivity index (χ1) is 14.6. The Hall–Kier alpha value is -3.06. The van der Waals surface area contributed by atoms with Crippen LogP contribution >= 0.6 is 15.9 Å². The molecule has 5 nitrogen and oxygen atoms in total. The van der Waals surface area contributed by atoms with Crippen LogP contribution in [0.25, 0.3) is 0 Å². The zero-order valence-electron chi connectivity index (χ0n) is 16.3. The van der Waals surface area contributed by atoms with E-state index < -0.39 is 12.7 Å². The summed E-state index contributed by atoms with van der Waals surface area (Å²) in [6, 6.07) is 22.8. The molecule has 3 aromatic carbocycles. The Balaban J connectivity index is 1.65. The van der Waals surface area contributed by atoms with E-state index in [0.717, 1.165) is 21.1 Å². The topological polar surface area (TPSA) is 47.8 Å². The van der Waals surface area contributed by atoms with Crippen molar-refractivity contribution in [2.75, 3.05) is 7.11 Å². The Morgan fingerprint density at radius 2 is 1.80 bits per heavy atom. The van der Waals surface area contributed by atoms with Crippen molar-refractivity contribution in [3.8, 4) is 11.5 Å². The normalized spacial score (nSPS) is 21.7. The summed E-state index contributed by atoms with van der Waals surface area (Å²) in [6.45, 7) is -2.22. The van der Waals surface area contributed by atoms with Gasteiger partial charge in [0.2, 0.25) is 6.04 Å². The second-order valence-corrected chi connectivity index (χ2v) is 8.38. The largest absolute Gasteiger partial charge is 0.682 e. The Labute approximate surface area is 183 Å². The molecule has 2 atom stereocenters. The van der Waals surface area contributed by atoms with Gasteiger partial charge in [0.25, 0.3) is 0 Å². The first-order valence-corrected chi connectivity index (χ1v) is 10.6. The molecular weight excluding hydrogens is 445 g/mol. The summed E-state index contributed by atoms with van der Waals surface area (Å²) in [5, 5.41) is 0. The number of ether oxygens (including phenoxy) is 1. The van der Waals surface area contributed by atoms with Crippen molar-refractivity contribution in [3.05, 3.63) is 88.4 Å². The molecule has 7 heteroatoms. The Morgan fingerprint density at radius 1 is 1.03 bits per heavy atom. The molecule has 1 saturated heterocycles. The van der Waals surface area contributed by atoms with E-state index >= 15 is 0 Å². The lowest BCUT2D eigenvalue weighted by atomic mass is 9.62. The molecule has 2 aliphatic heterocycles. The fourth-order valence-corrected chi connectivity index (χ4v) is 4.42. The van der Waals surface area contributed by atoms with E-state index in [9.17, 15) is 4.79 Å². The second-order valence-electron chi connectivity index (χ2n) is 7.46. The molecule has 5 rings (SSSR count). The number of halogens is 1. The van der Waals surface area contributed by atoms with Gasteiger partial charge in [-0.05, 0) is 23.2 Å². The molecule has 0 aromatic heterocycles. The molecule has 0 spiro atoms. The number of hydrogen-bond acceptors (Lipinski definition) is 4. The number of carbonyl (C=O) groups is 1. The van der Waals surface area contributed by atoms with Gasteiger partial charge >= 0.3 is 12.7 Å². The highest BCUT2D eigenvalue weighted by Gasteiger charge is 2.61. The number of carbonyl (C=O) groups excluding carboxylic acids is 1. The molecule has 1 fully saturated rings. The first kappa shape index (κ1) is 18.9. The summed E-state index contributed by atoms with van der Waals surface area (Å²) in [6.07, 6.45) is 2.50. The standard InChI is InChI=1S/C23H19BBrNO4/c1-28-20-12-7-17-15-26-21(13-16-5-3-2-4-6-16)23(27)30-24(26,29-22(17)14-20)18-8-10-19(25)11-9-18/h2-12,14-15,21H,13H2,1H3.